The third-order valence-corrected chi connectivity index (χ3v) is 7.17. The lowest BCUT2D eigenvalue weighted by Crippen LogP contribution is -2.48. The van der Waals surface area contributed by atoms with Crippen LogP contribution in [0.25, 0.3) is 0 Å². The Labute approximate surface area is 196 Å². The lowest BCUT2D eigenvalue weighted by molar-refractivity contribution is -0.139. The molecule has 0 radical (unpaired) electrons. The Balaban J connectivity index is 1.63. The van der Waals surface area contributed by atoms with Gasteiger partial charge in [-0.05, 0) is 43.2 Å². The van der Waals surface area contributed by atoms with E-state index in [-0.39, 0.29) is 0 Å². The molecule has 1 saturated heterocycles. The highest BCUT2D eigenvalue weighted by Crippen LogP contribution is 2.34. The lowest BCUT2D eigenvalue weighted by Gasteiger charge is -2.25. The molecule has 0 bridgehead atoms. The third-order valence-electron chi connectivity index (χ3n) is 5.57. The van der Waals surface area contributed by atoms with Crippen LogP contribution < -0.4 is 4.72 Å². The van der Waals surface area contributed by atoms with Crippen LogP contribution in [0.2, 0.25) is 0 Å². The molecule has 0 unspecified atom stereocenters. The average Bonchev–Trinajstić information content (AvgIpc) is 3.04. The van der Waals surface area contributed by atoms with Gasteiger partial charge in [-0.3, -0.25) is 9.69 Å². The second-order valence-corrected chi connectivity index (χ2v) is 9.78. The van der Waals surface area contributed by atoms with E-state index >= 15 is 0 Å². The predicted molar refractivity (Wildman–Crippen MR) is 119 cm³/mol. The normalized spacial score (nSPS) is 16.5. The summed E-state index contributed by atoms with van der Waals surface area (Å²) in [7, 11) is -4.57. The zero-order chi connectivity index (χ0) is 24.9. The van der Waals surface area contributed by atoms with E-state index < -0.39 is 38.6 Å². The first-order valence-corrected chi connectivity index (χ1v) is 12.2. The van der Waals surface area contributed by atoms with Gasteiger partial charge in [-0.15, -0.1) is 0 Å². The van der Waals surface area contributed by atoms with E-state index in [1.54, 1.807) is 12.1 Å². The molecule has 7 nitrogen and oxygen atoms in total. The highest BCUT2D eigenvalue weighted by atomic mass is 32.2. The molecule has 1 aliphatic heterocycles. The number of benzene rings is 2. The van der Waals surface area contributed by atoms with Crippen LogP contribution in [0.15, 0.2) is 53.4 Å². The van der Waals surface area contributed by atoms with Crippen LogP contribution in [-0.4, -0.2) is 56.3 Å². The van der Waals surface area contributed by atoms with Crippen LogP contribution in [0.3, 0.4) is 0 Å². The molecule has 1 N–H and O–H groups in total. The molecule has 11 heteroatoms. The molecule has 0 saturated carbocycles. The van der Waals surface area contributed by atoms with Crippen LogP contribution in [0, 0.1) is 11.3 Å². The summed E-state index contributed by atoms with van der Waals surface area (Å²) in [6.45, 7) is 4.03. The molecule has 2 aromatic rings. The largest absolute Gasteiger partial charge is 0.417 e. The molecule has 1 amide bonds. The minimum Gasteiger partial charge on any atom is -0.340 e. The lowest BCUT2D eigenvalue weighted by atomic mass is 10.1. The number of alkyl halides is 3. The molecule has 182 valence electrons. The number of rotatable bonds is 6. The molecule has 1 atom stereocenters. The van der Waals surface area contributed by atoms with E-state index in [0.717, 1.165) is 24.2 Å². The molecule has 0 aliphatic carbocycles. The fraction of sp³-hybridized carbons (Fsp3) is 0.391. The maximum atomic E-state index is 13.3. The highest BCUT2D eigenvalue weighted by molar-refractivity contribution is 7.89. The first-order valence-electron chi connectivity index (χ1n) is 10.7. The topological polar surface area (TPSA) is 93.5 Å². The molecule has 2 aromatic carbocycles. The minimum absolute atomic E-state index is 0.361. The molecular weight excluding hydrogens is 469 g/mol. The van der Waals surface area contributed by atoms with Crippen LogP contribution in [0.4, 0.5) is 13.2 Å². The fourth-order valence-electron chi connectivity index (χ4n) is 3.85. The van der Waals surface area contributed by atoms with Gasteiger partial charge < -0.3 is 4.90 Å². The van der Waals surface area contributed by atoms with Crippen molar-refractivity contribution < 1.29 is 26.4 Å². The van der Waals surface area contributed by atoms with Crippen molar-refractivity contribution in [2.24, 2.45) is 0 Å². The zero-order valence-corrected chi connectivity index (χ0v) is 19.4. The molecule has 1 heterocycles. The molecule has 0 aromatic heterocycles. The van der Waals surface area contributed by atoms with Crippen molar-refractivity contribution in [3.63, 3.8) is 0 Å². The summed E-state index contributed by atoms with van der Waals surface area (Å²) in [5, 5.41) is 8.91. The number of carbonyl (C=O) groups excluding carboxylic acids is 1. The summed E-state index contributed by atoms with van der Waals surface area (Å²) in [5.74, 6) is -0.492. The highest BCUT2D eigenvalue weighted by Gasteiger charge is 2.38. The molecular formula is C23H25F3N4O3S. The number of nitrogens with zero attached hydrogens (tertiary/aromatic N) is 3. The number of halogens is 3. The second kappa shape index (κ2) is 10.5. The van der Waals surface area contributed by atoms with Gasteiger partial charge in [-0.25, -0.2) is 8.42 Å². The summed E-state index contributed by atoms with van der Waals surface area (Å²) in [6.07, 6.45) is -4.18. The zero-order valence-electron chi connectivity index (χ0n) is 18.5. The Morgan fingerprint density at radius 3 is 2.41 bits per heavy atom. The summed E-state index contributed by atoms with van der Waals surface area (Å²) < 4.78 is 67.2. The maximum absolute atomic E-state index is 13.3. The van der Waals surface area contributed by atoms with Gasteiger partial charge in [0.2, 0.25) is 15.9 Å². The smallest absolute Gasteiger partial charge is 0.340 e. The second-order valence-electron chi connectivity index (χ2n) is 8.10. The van der Waals surface area contributed by atoms with Crippen LogP contribution in [-0.2, 0) is 27.5 Å². The van der Waals surface area contributed by atoms with E-state index in [1.807, 2.05) is 12.1 Å². The number of carbonyl (C=O) groups is 1. The van der Waals surface area contributed by atoms with Crippen LogP contribution >= 0.6 is 0 Å². The van der Waals surface area contributed by atoms with Crippen molar-refractivity contribution in [3.05, 3.63) is 65.2 Å². The van der Waals surface area contributed by atoms with Gasteiger partial charge in [-0.2, -0.15) is 23.2 Å². The van der Waals surface area contributed by atoms with Crippen LogP contribution in [0.1, 0.15) is 30.0 Å². The summed E-state index contributed by atoms with van der Waals surface area (Å²) in [6, 6.07) is 12.0. The minimum atomic E-state index is -4.85. The molecule has 0 spiro atoms. The van der Waals surface area contributed by atoms with Crippen molar-refractivity contribution in [2.75, 3.05) is 26.2 Å². The monoisotopic (exact) mass is 494 g/mol. The Morgan fingerprint density at radius 2 is 1.76 bits per heavy atom. The van der Waals surface area contributed by atoms with Gasteiger partial charge in [0.15, 0.2) is 0 Å². The van der Waals surface area contributed by atoms with E-state index in [1.165, 1.54) is 17.9 Å². The number of hydrogen-bond donors (Lipinski definition) is 1. The van der Waals surface area contributed by atoms with Crippen molar-refractivity contribution in [3.8, 4) is 6.07 Å². The van der Waals surface area contributed by atoms with E-state index in [0.29, 0.717) is 44.2 Å². The third kappa shape index (κ3) is 6.34. The van der Waals surface area contributed by atoms with Crippen molar-refractivity contribution in [1.82, 2.24) is 14.5 Å². The van der Waals surface area contributed by atoms with Crippen LogP contribution in [0.5, 0.6) is 0 Å². The summed E-state index contributed by atoms with van der Waals surface area (Å²) >= 11 is 0. The number of nitrogens with one attached hydrogen (secondary N) is 1. The van der Waals surface area contributed by atoms with Gasteiger partial charge in [0, 0.05) is 32.7 Å². The van der Waals surface area contributed by atoms with E-state index in [4.69, 9.17) is 5.26 Å². The SMILES string of the molecule is C[C@H](NS(=O)(=O)c1ccccc1C(F)(F)F)C(=O)N1CCCN(Cc2ccc(C#N)cc2)CC1. The van der Waals surface area contributed by atoms with Gasteiger partial charge in [0.1, 0.15) is 0 Å². The van der Waals surface area contributed by atoms with Gasteiger partial charge >= 0.3 is 6.18 Å². The first kappa shape index (κ1) is 25.7. The van der Waals surface area contributed by atoms with Gasteiger partial charge in [-0.1, -0.05) is 24.3 Å². The standard InChI is InChI=1S/C23H25F3N4O3S/c1-17(28-34(32,33)21-6-3-2-5-20(21)23(24,25)26)22(31)30-12-4-11-29(13-14-30)16-19-9-7-18(15-27)8-10-19/h2-3,5-10,17,28H,4,11-14,16H2,1H3/t17-/m0/s1. The molecule has 1 aliphatic rings. The molecule has 3 rings (SSSR count). The van der Waals surface area contributed by atoms with E-state index in [9.17, 15) is 26.4 Å². The van der Waals surface area contributed by atoms with Gasteiger partial charge in [0.05, 0.1) is 28.1 Å². The predicted octanol–water partition coefficient (Wildman–Crippen LogP) is 2.98. The van der Waals surface area contributed by atoms with Crippen molar-refractivity contribution in [2.45, 2.75) is 37.0 Å². The van der Waals surface area contributed by atoms with Crippen molar-refractivity contribution in [1.29, 1.82) is 5.26 Å². The number of amides is 1. The average molecular weight is 495 g/mol. The van der Waals surface area contributed by atoms with E-state index in [2.05, 4.69) is 15.7 Å². The molecule has 34 heavy (non-hydrogen) atoms. The molecule has 1 fully saturated rings. The Hall–Kier alpha value is -2.94. The Morgan fingerprint density at radius 1 is 1.09 bits per heavy atom. The number of nitriles is 1. The summed E-state index contributed by atoms with van der Waals surface area (Å²) in [4.78, 5) is 15.7. The number of hydrogen-bond acceptors (Lipinski definition) is 5. The Kier molecular flexibility index (Phi) is 7.97. The fourth-order valence-corrected chi connectivity index (χ4v) is 5.27. The summed E-state index contributed by atoms with van der Waals surface area (Å²) in [5.41, 5.74) is 0.323. The quantitative estimate of drug-likeness (QED) is 0.667. The number of sulfonamides is 1. The van der Waals surface area contributed by atoms with Crippen molar-refractivity contribution >= 4 is 15.9 Å². The maximum Gasteiger partial charge on any atom is 0.417 e. The Bertz CT molecular complexity index is 1160. The first-order chi connectivity index (χ1) is 16.0. The van der Waals surface area contributed by atoms with Gasteiger partial charge in [0.25, 0.3) is 0 Å².